The summed E-state index contributed by atoms with van der Waals surface area (Å²) in [5, 5.41) is 3.17. The number of hydrogen-bond donors (Lipinski definition) is 1. The van der Waals surface area contributed by atoms with Crippen LogP contribution in [0.4, 0.5) is 13.2 Å². The van der Waals surface area contributed by atoms with Crippen LogP contribution in [0.3, 0.4) is 0 Å². The number of nitrogens with zero attached hydrogens (tertiary/aromatic N) is 1. The van der Waals surface area contributed by atoms with E-state index in [1.807, 2.05) is 6.92 Å². The number of unbranched alkanes of at least 4 members (excludes halogenated alkanes) is 1. The van der Waals surface area contributed by atoms with Crippen LogP contribution in [0.2, 0.25) is 0 Å². The standard InChI is InChI=1S/C12H21F3N2OS/c1-2-3-5-17(9-12(13,14)15)11(18)7-10-8-19-6-4-16-10/h10,16H,2-9H2,1H3. The second kappa shape index (κ2) is 7.99. The molecule has 19 heavy (non-hydrogen) atoms. The average Bonchev–Trinajstić information content (AvgIpc) is 2.34. The van der Waals surface area contributed by atoms with E-state index in [1.54, 1.807) is 11.8 Å². The van der Waals surface area contributed by atoms with E-state index in [-0.39, 0.29) is 19.0 Å². The van der Waals surface area contributed by atoms with E-state index in [0.717, 1.165) is 29.4 Å². The van der Waals surface area contributed by atoms with Gasteiger partial charge in [0.25, 0.3) is 0 Å². The Morgan fingerprint density at radius 1 is 1.47 bits per heavy atom. The van der Waals surface area contributed by atoms with Crippen LogP contribution in [0.25, 0.3) is 0 Å². The van der Waals surface area contributed by atoms with Crippen LogP contribution in [0.5, 0.6) is 0 Å². The zero-order chi connectivity index (χ0) is 14.3. The van der Waals surface area contributed by atoms with Crippen molar-refractivity contribution in [1.29, 1.82) is 0 Å². The van der Waals surface area contributed by atoms with Gasteiger partial charge in [-0.1, -0.05) is 13.3 Å². The van der Waals surface area contributed by atoms with E-state index < -0.39 is 18.6 Å². The number of nitrogens with one attached hydrogen (secondary N) is 1. The molecule has 0 bridgehead atoms. The highest BCUT2D eigenvalue weighted by atomic mass is 32.2. The monoisotopic (exact) mass is 298 g/mol. The summed E-state index contributed by atoms with van der Waals surface area (Å²) in [5.41, 5.74) is 0. The van der Waals surface area contributed by atoms with E-state index >= 15 is 0 Å². The molecule has 1 saturated heterocycles. The van der Waals surface area contributed by atoms with Gasteiger partial charge >= 0.3 is 6.18 Å². The quantitative estimate of drug-likeness (QED) is 0.816. The maximum absolute atomic E-state index is 12.5. The molecule has 1 fully saturated rings. The molecular formula is C12H21F3N2OS. The molecule has 0 aliphatic carbocycles. The van der Waals surface area contributed by atoms with Crippen molar-refractivity contribution < 1.29 is 18.0 Å². The maximum atomic E-state index is 12.5. The SMILES string of the molecule is CCCCN(CC(F)(F)F)C(=O)CC1CSCCN1. The van der Waals surface area contributed by atoms with Crippen molar-refractivity contribution in [3.05, 3.63) is 0 Å². The minimum atomic E-state index is -4.32. The molecule has 0 aromatic rings. The third kappa shape index (κ3) is 7.06. The van der Waals surface area contributed by atoms with Crippen LogP contribution >= 0.6 is 11.8 Å². The normalized spacial score (nSPS) is 20.3. The van der Waals surface area contributed by atoms with E-state index in [4.69, 9.17) is 0 Å². The molecule has 0 spiro atoms. The summed E-state index contributed by atoms with van der Waals surface area (Å²) in [6.07, 6.45) is -2.78. The fraction of sp³-hybridized carbons (Fsp3) is 0.917. The van der Waals surface area contributed by atoms with Gasteiger partial charge in [0.05, 0.1) is 0 Å². The smallest absolute Gasteiger partial charge is 0.334 e. The van der Waals surface area contributed by atoms with Gasteiger partial charge in [0.15, 0.2) is 0 Å². The molecule has 1 aliphatic heterocycles. The van der Waals surface area contributed by atoms with E-state index in [9.17, 15) is 18.0 Å². The van der Waals surface area contributed by atoms with E-state index in [2.05, 4.69) is 5.32 Å². The molecule has 1 rings (SSSR count). The van der Waals surface area contributed by atoms with Crippen LogP contribution in [0, 0.1) is 0 Å². The lowest BCUT2D eigenvalue weighted by molar-refractivity contribution is -0.161. The summed E-state index contributed by atoms with van der Waals surface area (Å²) in [6.45, 7) is 1.77. The first kappa shape index (κ1) is 16.6. The molecule has 0 aromatic heterocycles. The number of carbonyl (C=O) groups is 1. The Balaban J connectivity index is 2.49. The molecule has 1 atom stereocenters. The molecule has 7 heteroatoms. The van der Waals surface area contributed by atoms with Gasteiger partial charge in [0.2, 0.25) is 5.91 Å². The molecule has 1 aliphatic rings. The van der Waals surface area contributed by atoms with Crippen molar-refractivity contribution in [3.8, 4) is 0 Å². The first-order chi connectivity index (χ1) is 8.92. The summed E-state index contributed by atoms with van der Waals surface area (Å²) in [4.78, 5) is 12.9. The number of halogens is 3. The molecule has 112 valence electrons. The summed E-state index contributed by atoms with van der Waals surface area (Å²) in [7, 11) is 0. The minimum absolute atomic E-state index is 0.00334. The minimum Gasteiger partial charge on any atom is -0.334 e. The zero-order valence-corrected chi connectivity index (χ0v) is 11.9. The lowest BCUT2D eigenvalue weighted by atomic mass is 10.2. The zero-order valence-electron chi connectivity index (χ0n) is 11.1. The van der Waals surface area contributed by atoms with Crippen molar-refractivity contribution in [2.24, 2.45) is 0 Å². The molecule has 1 heterocycles. The average molecular weight is 298 g/mol. The van der Waals surface area contributed by atoms with Crippen LogP contribution in [-0.2, 0) is 4.79 Å². The molecule has 3 nitrogen and oxygen atoms in total. The number of alkyl halides is 3. The number of hydrogen-bond acceptors (Lipinski definition) is 3. The van der Waals surface area contributed by atoms with Gasteiger partial charge < -0.3 is 10.2 Å². The third-order valence-electron chi connectivity index (χ3n) is 2.92. The van der Waals surface area contributed by atoms with Gasteiger partial charge in [0.1, 0.15) is 6.54 Å². The highest BCUT2D eigenvalue weighted by molar-refractivity contribution is 7.99. The maximum Gasteiger partial charge on any atom is 0.406 e. The van der Waals surface area contributed by atoms with Gasteiger partial charge in [-0.05, 0) is 6.42 Å². The van der Waals surface area contributed by atoms with Gasteiger partial charge in [0, 0.05) is 37.1 Å². The van der Waals surface area contributed by atoms with Crippen LogP contribution in [-0.4, -0.2) is 54.2 Å². The Hall–Kier alpha value is -0.430. The van der Waals surface area contributed by atoms with Crippen LogP contribution < -0.4 is 5.32 Å². The molecule has 1 unspecified atom stereocenters. The van der Waals surface area contributed by atoms with Crippen molar-refractivity contribution in [2.45, 2.75) is 38.4 Å². The molecular weight excluding hydrogens is 277 g/mol. The Morgan fingerprint density at radius 2 is 2.21 bits per heavy atom. The first-order valence-electron chi connectivity index (χ1n) is 6.58. The Kier molecular flexibility index (Phi) is 6.99. The van der Waals surface area contributed by atoms with Crippen molar-refractivity contribution in [3.63, 3.8) is 0 Å². The summed E-state index contributed by atoms with van der Waals surface area (Å²) < 4.78 is 37.4. The van der Waals surface area contributed by atoms with Gasteiger partial charge in [-0.15, -0.1) is 0 Å². The van der Waals surface area contributed by atoms with Gasteiger partial charge in [-0.3, -0.25) is 4.79 Å². The van der Waals surface area contributed by atoms with Gasteiger partial charge in [-0.2, -0.15) is 24.9 Å². The molecule has 1 amide bonds. The lowest BCUT2D eigenvalue weighted by Gasteiger charge is -2.28. The molecule has 0 radical (unpaired) electrons. The van der Waals surface area contributed by atoms with E-state index in [0.29, 0.717) is 6.42 Å². The van der Waals surface area contributed by atoms with Crippen LogP contribution in [0.15, 0.2) is 0 Å². The predicted molar refractivity (Wildman–Crippen MR) is 71.3 cm³/mol. The van der Waals surface area contributed by atoms with Crippen molar-refractivity contribution in [1.82, 2.24) is 10.2 Å². The summed E-state index contributed by atoms with van der Waals surface area (Å²) in [5.74, 6) is 1.39. The number of thioether (sulfide) groups is 1. The fourth-order valence-electron chi connectivity index (χ4n) is 1.95. The highest BCUT2D eigenvalue weighted by Crippen LogP contribution is 2.19. The number of carbonyl (C=O) groups excluding carboxylic acids is 1. The summed E-state index contributed by atoms with van der Waals surface area (Å²) in [6, 6.07) is 0.00334. The predicted octanol–water partition coefficient (Wildman–Crippen LogP) is 2.27. The van der Waals surface area contributed by atoms with Crippen LogP contribution in [0.1, 0.15) is 26.2 Å². The first-order valence-corrected chi connectivity index (χ1v) is 7.73. The molecule has 1 N–H and O–H groups in total. The van der Waals surface area contributed by atoms with Crippen molar-refractivity contribution >= 4 is 17.7 Å². The Morgan fingerprint density at radius 3 is 2.74 bits per heavy atom. The lowest BCUT2D eigenvalue weighted by Crippen LogP contribution is -2.45. The Labute approximate surface area is 116 Å². The summed E-state index contributed by atoms with van der Waals surface area (Å²) >= 11 is 1.73. The second-order valence-electron chi connectivity index (χ2n) is 4.71. The third-order valence-corrected chi connectivity index (χ3v) is 4.05. The number of rotatable bonds is 6. The molecule has 0 saturated carbocycles. The topological polar surface area (TPSA) is 32.3 Å². The molecule has 0 aromatic carbocycles. The number of amides is 1. The van der Waals surface area contributed by atoms with E-state index in [1.165, 1.54) is 0 Å². The second-order valence-corrected chi connectivity index (χ2v) is 5.86. The largest absolute Gasteiger partial charge is 0.406 e. The fourth-order valence-corrected chi connectivity index (χ4v) is 2.90. The Bertz CT molecular complexity index is 281. The van der Waals surface area contributed by atoms with Crippen molar-refractivity contribution in [2.75, 3.05) is 31.1 Å². The highest BCUT2D eigenvalue weighted by Gasteiger charge is 2.33. The van der Waals surface area contributed by atoms with Gasteiger partial charge in [-0.25, -0.2) is 0 Å².